The van der Waals surface area contributed by atoms with E-state index in [1.54, 1.807) is 11.8 Å². The molecule has 0 saturated heterocycles. The van der Waals surface area contributed by atoms with E-state index in [9.17, 15) is 0 Å². The van der Waals surface area contributed by atoms with Crippen molar-refractivity contribution in [3.05, 3.63) is 54.4 Å². The van der Waals surface area contributed by atoms with E-state index >= 15 is 0 Å². The van der Waals surface area contributed by atoms with E-state index in [4.69, 9.17) is 5.73 Å². The van der Waals surface area contributed by atoms with Crippen LogP contribution in [0.1, 0.15) is 5.69 Å². The second-order valence-corrected chi connectivity index (χ2v) is 5.24. The molecule has 0 amide bonds. The van der Waals surface area contributed by atoms with E-state index in [2.05, 4.69) is 21.6 Å². The molecular weight excluding hydrogens is 242 g/mol. The number of nitrogens with two attached hydrogens (primary N) is 1. The van der Waals surface area contributed by atoms with Crippen molar-refractivity contribution in [3.8, 4) is 0 Å². The first-order valence-corrected chi connectivity index (χ1v) is 6.52. The third-order valence-electron chi connectivity index (χ3n) is 2.68. The van der Waals surface area contributed by atoms with Gasteiger partial charge >= 0.3 is 0 Å². The minimum atomic E-state index is 0.788. The summed E-state index contributed by atoms with van der Waals surface area (Å²) in [6, 6.07) is 14.0. The maximum Gasteiger partial charge on any atom is 0.137 e. The fourth-order valence-corrected chi connectivity index (χ4v) is 2.75. The number of benzene rings is 1. The largest absolute Gasteiger partial charge is 0.399 e. The molecule has 2 N–H and O–H groups in total. The van der Waals surface area contributed by atoms with Crippen molar-refractivity contribution in [2.24, 2.45) is 0 Å². The van der Waals surface area contributed by atoms with Gasteiger partial charge in [0.2, 0.25) is 0 Å². The number of hydrogen-bond donors (Lipinski definition) is 1. The number of fused-ring (bicyclic) bond motifs is 1. The molecule has 0 atom stereocenters. The molecule has 0 aliphatic carbocycles. The lowest BCUT2D eigenvalue weighted by atomic mass is 10.3. The number of hydrogen-bond acceptors (Lipinski definition) is 3. The molecular formula is C14H13N3S. The van der Waals surface area contributed by atoms with Gasteiger partial charge in [-0.05, 0) is 43.3 Å². The quantitative estimate of drug-likeness (QED) is 0.714. The van der Waals surface area contributed by atoms with Crippen molar-refractivity contribution in [2.75, 3.05) is 5.73 Å². The van der Waals surface area contributed by atoms with Gasteiger partial charge in [-0.1, -0.05) is 17.8 Å². The molecule has 0 bridgehead atoms. The van der Waals surface area contributed by atoms with Crippen molar-refractivity contribution in [3.63, 3.8) is 0 Å². The van der Waals surface area contributed by atoms with E-state index in [-0.39, 0.29) is 0 Å². The molecule has 0 aliphatic heterocycles. The highest BCUT2D eigenvalue weighted by molar-refractivity contribution is 7.99. The molecule has 3 rings (SSSR count). The average Bonchev–Trinajstić information content (AvgIpc) is 2.73. The molecule has 0 radical (unpaired) electrons. The van der Waals surface area contributed by atoms with Crippen molar-refractivity contribution in [1.82, 2.24) is 9.38 Å². The van der Waals surface area contributed by atoms with Crippen LogP contribution in [0.4, 0.5) is 5.69 Å². The molecule has 0 fully saturated rings. The summed E-state index contributed by atoms with van der Waals surface area (Å²) < 4.78 is 2.11. The van der Waals surface area contributed by atoms with Crippen LogP contribution in [0.2, 0.25) is 0 Å². The number of rotatable bonds is 2. The molecule has 0 unspecified atom stereocenters. The predicted octanol–water partition coefficient (Wildman–Crippen LogP) is 3.38. The lowest BCUT2D eigenvalue weighted by Crippen LogP contribution is -1.88. The van der Waals surface area contributed by atoms with Crippen LogP contribution in [0.15, 0.2) is 58.6 Å². The van der Waals surface area contributed by atoms with E-state index < -0.39 is 0 Å². The molecule has 0 spiro atoms. The lowest BCUT2D eigenvalue weighted by Gasteiger charge is -2.05. The van der Waals surface area contributed by atoms with Crippen LogP contribution in [0.5, 0.6) is 0 Å². The number of nitrogens with zero attached hydrogens (tertiary/aromatic N) is 2. The molecule has 1 aromatic carbocycles. The minimum Gasteiger partial charge on any atom is -0.399 e. The lowest BCUT2D eigenvalue weighted by molar-refractivity contribution is 1.02. The second-order valence-electron chi connectivity index (χ2n) is 4.15. The monoisotopic (exact) mass is 255 g/mol. The number of imidazole rings is 1. The van der Waals surface area contributed by atoms with Gasteiger partial charge in [0, 0.05) is 16.8 Å². The third-order valence-corrected chi connectivity index (χ3v) is 3.73. The summed E-state index contributed by atoms with van der Waals surface area (Å²) in [5.41, 5.74) is 8.49. The molecule has 0 saturated carbocycles. The maximum atomic E-state index is 5.69. The Morgan fingerprint density at radius 3 is 2.67 bits per heavy atom. The molecule has 4 heteroatoms. The first-order valence-electron chi connectivity index (χ1n) is 5.70. The smallest absolute Gasteiger partial charge is 0.137 e. The molecule has 3 aromatic rings. The van der Waals surface area contributed by atoms with Crippen LogP contribution in [0.25, 0.3) is 5.65 Å². The Labute approximate surface area is 110 Å². The van der Waals surface area contributed by atoms with Crippen LogP contribution in [0.3, 0.4) is 0 Å². The number of nitrogen functional groups attached to an aromatic ring is 1. The van der Waals surface area contributed by atoms with Crippen molar-refractivity contribution in [2.45, 2.75) is 16.8 Å². The Hall–Kier alpha value is -1.94. The molecule has 90 valence electrons. The topological polar surface area (TPSA) is 43.3 Å². The summed E-state index contributed by atoms with van der Waals surface area (Å²) in [4.78, 5) is 5.63. The van der Waals surface area contributed by atoms with Gasteiger partial charge in [0.05, 0.1) is 10.7 Å². The normalized spacial score (nSPS) is 10.9. The predicted molar refractivity (Wildman–Crippen MR) is 74.9 cm³/mol. The van der Waals surface area contributed by atoms with Gasteiger partial charge in [-0.25, -0.2) is 4.98 Å². The van der Waals surface area contributed by atoms with Crippen LogP contribution in [0, 0.1) is 6.92 Å². The molecule has 3 nitrogen and oxygen atoms in total. The van der Waals surface area contributed by atoms with Gasteiger partial charge in [0.15, 0.2) is 0 Å². The van der Waals surface area contributed by atoms with E-state index in [0.717, 1.165) is 22.1 Å². The third kappa shape index (κ3) is 2.07. The summed E-state index contributed by atoms with van der Waals surface area (Å²) in [6.45, 7) is 2.00. The van der Waals surface area contributed by atoms with Crippen LogP contribution < -0.4 is 5.73 Å². The highest BCUT2D eigenvalue weighted by atomic mass is 32.2. The molecule has 2 heterocycles. The highest BCUT2D eigenvalue weighted by Gasteiger charge is 2.04. The zero-order valence-electron chi connectivity index (χ0n) is 10.00. The Morgan fingerprint density at radius 1 is 1.11 bits per heavy atom. The van der Waals surface area contributed by atoms with Gasteiger partial charge < -0.3 is 5.73 Å². The van der Waals surface area contributed by atoms with Crippen LogP contribution >= 0.6 is 11.8 Å². The zero-order chi connectivity index (χ0) is 12.5. The highest BCUT2D eigenvalue weighted by Crippen LogP contribution is 2.28. The van der Waals surface area contributed by atoms with Crippen molar-refractivity contribution < 1.29 is 0 Å². The van der Waals surface area contributed by atoms with Crippen molar-refractivity contribution >= 4 is 23.1 Å². The molecule has 18 heavy (non-hydrogen) atoms. The average molecular weight is 255 g/mol. The number of aryl methyl sites for hydroxylation is 1. The maximum absolute atomic E-state index is 5.69. The minimum absolute atomic E-state index is 0.788. The van der Waals surface area contributed by atoms with Gasteiger partial charge in [-0.15, -0.1) is 0 Å². The van der Waals surface area contributed by atoms with Crippen LogP contribution in [-0.2, 0) is 0 Å². The van der Waals surface area contributed by atoms with Crippen LogP contribution in [-0.4, -0.2) is 9.38 Å². The van der Waals surface area contributed by atoms with Gasteiger partial charge in [-0.2, -0.15) is 0 Å². The molecule has 2 aromatic heterocycles. The number of anilines is 1. The Kier molecular flexibility index (Phi) is 2.72. The fraction of sp³-hybridized carbons (Fsp3) is 0.0714. The summed E-state index contributed by atoms with van der Waals surface area (Å²) >= 11 is 1.71. The fourth-order valence-electron chi connectivity index (χ4n) is 1.85. The van der Waals surface area contributed by atoms with Gasteiger partial charge in [-0.3, -0.25) is 4.40 Å². The summed E-state index contributed by atoms with van der Waals surface area (Å²) in [6.07, 6.45) is 2.05. The zero-order valence-corrected chi connectivity index (χ0v) is 10.8. The van der Waals surface area contributed by atoms with E-state index in [1.165, 1.54) is 4.90 Å². The molecule has 0 aliphatic rings. The summed E-state index contributed by atoms with van der Waals surface area (Å²) in [5, 5.41) is 1.15. The number of pyridine rings is 1. The summed E-state index contributed by atoms with van der Waals surface area (Å²) in [5.74, 6) is 0. The van der Waals surface area contributed by atoms with E-state index in [0.29, 0.717) is 0 Å². The van der Waals surface area contributed by atoms with E-state index in [1.807, 2.05) is 43.3 Å². The number of aromatic nitrogens is 2. The Balaban J connectivity index is 2.01. The summed E-state index contributed by atoms with van der Waals surface area (Å²) in [7, 11) is 0. The van der Waals surface area contributed by atoms with Gasteiger partial charge in [0.1, 0.15) is 5.65 Å². The first-order chi connectivity index (χ1) is 8.72. The first kappa shape index (κ1) is 11.2. The van der Waals surface area contributed by atoms with Gasteiger partial charge in [0.25, 0.3) is 0 Å². The Morgan fingerprint density at radius 2 is 1.89 bits per heavy atom. The Bertz CT molecular complexity index is 686. The second kappa shape index (κ2) is 4.38. The SMILES string of the molecule is Cc1cn2c(Sc3ccc(N)cc3)cccc2n1. The standard InChI is InChI=1S/C14H13N3S/c1-10-9-17-13(16-10)3-2-4-14(17)18-12-7-5-11(15)6-8-12/h2-9H,15H2,1H3. The van der Waals surface area contributed by atoms with Crippen molar-refractivity contribution in [1.29, 1.82) is 0 Å².